The van der Waals surface area contributed by atoms with Crippen molar-refractivity contribution < 1.29 is 0 Å². The van der Waals surface area contributed by atoms with Crippen molar-refractivity contribution in [3.8, 4) is 22.3 Å². The molecule has 406 valence electrons. The first-order valence-electron chi connectivity index (χ1n) is 29.4. The highest BCUT2D eigenvalue weighted by Gasteiger charge is 2.45. The zero-order valence-electron chi connectivity index (χ0n) is 49.5. The lowest BCUT2D eigenvalue weighted by atomic mass is 9.33. The zero-order valence-corrected chi connectivity index (χ0v) is 49.5. The molecule has 2 heterocycles. The predicted molar refractivity (Wildman–Crippen MR) is 357 cm³/mol. The van der Waals surface area contributed by atoms with Gasteiger partial charge in [-0.3, -0.25) is 0 Å². The van der Waals surface area contributed by atoms with Gasteiger partial charge in [-0.2, -0.15) is 0 Å². The Balaban J connectivity index is 1.13. The van der Waals surface area contributed by atoms with Crippen LogP contribution >= 0.6 is 0 Å². The first kappa shape index (κ1) is 53.0. The molecule has 13 rings (SSSR count). The van der Waals surface area contributed by atoms with Gasteiger partial charge in [0.1, 0.15) is 0 Å². The van der Waals surface area contributed by atoms with Crippen LogP contribution in [0.25, 0.3) is 22.3 Å². The van der Waals surface area contributed by atoms with Crippen molar-refractivity contribution in [1.82, 2.24) is 0 Å². The Kier molecular flexibility index (Phi) is 13.4. The summed E-state index contributed by atoms with van der Waals surface area (Å²) in [5, 5.41) is 0. The summed E-state index contributed by atoms with van der Waals surface area (Å²) in [6, 6.07) is 93.8. The van der Waals surface area contributed by atoms with Crippen LogP contribution in [0.5, 0.6) is 0 Å². The third kappa shape index (κ3) is 9.78. The Morgan fingerprint density at radius 1 is 0.289 bits per heavy atom. The summed E-state index contributed by atoms with van der Waals surface area (Å²) in [5.74, 6) is 0. The standard InChI is InChI=1S/C78H71BN4/c1-52-24-34-60(35-25-52)80(61-36-26-53(2)27-37-61)64-42-44-68-74(50-64)82(70-46-32-58(77(5,6)7)48-66(70)56-18-13-11-14-19-56)72-22-17-23-73-76(72)79(68)69-45-43-65(81(62-38-28-54(3)29-39-62)63-40-30-55(4)31-41-63)51-75(69)83(73)71-47-33-59(78(8,9)10)49-67(71)57-20-15-12-16-21-57/h11-51H,1-10H3. The number of anilines is 12. The number of hydrogen-bond donors (Lipinski definition) is 0. The van der Waals surface area contributed by atoms with Crippen molar-refractivity contribution in [1.29, 1.82) is 0 Å². The van der Waals surface area contributed by atoms with Gasteiger partial charge >= 0.3 is 0 Å². The molecular weight excluding hydrogens is 1000 g/mol. The molecule has 83 heavy (non-hydrogen) atoms. The van der Waals surface area contributed by atoms with Gasteiger partial charge in [0.15, 0.2) is 0 Å². The van der Waals surface area contributed by atoms with Crippen LogP contribution in [0.2, 0.25) is 0 Å². The van der Waals surface area contributed by atoms with E-state index in [1.54, 1.807) is 0 Å². The zero-order chi connectivity index (χ0) is 57.3. The minimum Gasteiger partial charge on any atom is -0.311 e. The van der Waals surface area contributed by atoms with Gasteiger partial charge in [0.05, 0.1) is 11.4 Å². The van der Waals surface area contributed by atoms with E-state index in [4.69, 9.17) is 0 Å². The Labute approximate surface area is 492 Å². The maximum absolute atomic E-state index is 2.60. The lowest BCUT2D eigenvalue weighted by Crippen LogP contribution is -2.61. The molecule has 5 heteroatoms. The topological polar surface area (TPSA) is 13.0 Å². The molecule has 11 aromatic carbocycles. The molecule has 0 aliphatic carbocycles. The van der Waals surface area contributed by atoms with Crippen LogP contribution in [0.3, 0.4) is 0 Å². The van der Waals surface area contributed by atoms with E-state index in [2.05, 4.69) is 338 Å². The maximum atomic E-state index is 2.60. The minimum absolute atomic E-state index is 0.0782. The third-order valence-electron chi connectivity index (χ3n) is 17.0. The molecule has 0 radical (unpaired) electrons. The largest absolute Gasteiger partial charge is 0.311 e. The first-order chi connectivity index (χ1) is 40.1. The molecule has 0 spiro atoms. The number of aryl methyl sites for hydroxylation is 4. The number of rotatable bonds is 10. The average Bonchev–Trinajstić information content (AvgIpc) is 2.44. The van der Waals surface area contributed by atoms with Crippen LogP contribution in [0.15, 0.2) is 249 Å². The summed E-state index contributed by atoms with van der Waals surface area (Å²) in [5.41, 5.74) is 29.3. The summed E-state index contributed by atoms with van der Waals surface area (Å²) in [6.07, 6.45) is 0. The van der Waals surface area contributed by atoms with E-state index in [0.717, 1.165) is 68.2 Å². The summed E-state index contributed by atoms with van der Waals surface area (Å²) in [7, 11) is 0. The Bertz CT molecular complexity index is 3830. The van der Waals surface area contributed by atoms with Crippen LogP contribution in [0, 0.1) is 27.7 Å². The second kappa shape index (κ2) is 20.9. The van der Waals surface area contributed by atoms with E-state index >= 15 is 0 Å². The normalized spacial score (nSPS) is 12.6. The molecule has 4 nitrogen and oxygen atoms in total. The van der Waals surface area contributed by atoms with Crippen molar-refractivity contribution in [2.24, 2.45) is 0 Å². The molecule has 0 bridgehead atoms. The van der Waals surface area contributed by atoms with E-state index in [0.29, 0.717) is 0 Å². The van der Waals surface area contributed by atoms with Gasteiger partial charge in [-0.25, -0.2) is 0 Å². The van der Waals surface area contributed by atoms with Gasteiger partial charge < -0.3 is 19.6 Å². The summed E-state index contributed by atoms with van der Waals surface area (Å²) < 4.78 is 0. The highest BCUT2D eigenvalue weighted by molar-refractivity contribution is 7.00. The molecule has 2 aliphatic rings. The molecule has 2 aliphatic heterocycles. The van der Waals surface area contributed by atoms with Crippen molar-refractivity contribution in [3.05, 3.63) is 282 Å². The smallest absolute Gasteiger partial charge is 0.252 e. The predicted octanol–water partition coefficient (Wildman–Crippen LogP) is 19.9. The molecule has 0 N–H and O–H groups in total. The highest BCUT2D eigenvalue weighted by Crippen LogP contribution is 2.51. The number of nitrogens with zero attached hydrogens (tertiary/aromatic N) is 4. The molecule has 0 unspecified atom stereocenters. The summed E-state index contributed by atoms with van der Waals surface area (Å²) in [4.78, 5) is 10.0. The molecule has 0 saturated heterocycles. The Morgan fingerprint density at radius 3 is 0.940 bits per heavy atom. The van der Waals surface area contributed by atoms with E-state index in [-0.39, 0.29) is 17.5 Å². The highest BCUT2D eigenvalue weighted by atomic mass is 15.2. The van der Waals surface area contributed by atoms with Crippen LogP contribution in [-0.2, 0) is 10.8 Å². The molecular formula is C78H71BN4. The van der Waals surface area contributed by atoms with Gasteiger partial charge in [0, 0.05) is 68.0 Å². The Morgan fingerprint density at radius 2 is 0.614 bits per heavy atom. The van der Waals surface area contributed by atoms with E-state index in [1.807, 2.05) is 0 Å². The fourth-order valence-corrected chi connectivity index (χ4v) is 12.5. The van der Waals surface area contributed by atoms with Gasteiger partial charge in [-0.1, -0.05) is 203 Å². The van der Waals surface area contributed by atoms with Crippen LogP contribution < -0.4 is 36.0 Å². The van der Waals surface area contributed by atoms with Gasteiger partial charge in [0.25, 0.3) is 6.71 Å². The molecule has 11 aromatic rings. The number of fused-ring (bicyclic) bond motifs is 4. The van der Waals surface area contributed by atoms with Crippen molar-refractivity contribution in [2.45, 2.75) is 80.1 Å². The monoisotopic (exact) mass is 1070 g/mol. The van der Waals surface area contributed by atoms with Crippen molar-refractivity contribution in [3.63, 3.8) is 0 Å². The van der Waals surface area contributed by atoms with Gasteiger partial charge in [0.2, 0.25) is 0 Å². The average molecular weight is 1080 g/mol. The SMILES string of the molecule is Cc1ccc(N(c2ccc(C)cc2)c2ccc3c(c2)N(c2ccc(C(C)(C)C)cc2-c2ccccc2)c2cccc4c2B3c2ccc(N(c3ccc(C)cc3)c3ccc(C)cc3)cc2N4c2ccc(C(C)(C)C)cc2-c2ccccc2)cc1. The summed E-state index contributed by atoms with van der Waals surface area (Å²) >= 11 is 0. The molecule has 0 atom stereocenters. The van der Waals surface area contributed by atoms with Gasteiger partial charge in [-0.05, 0) is 186 Å². The third-order valence-corrected chi connectivity index (χ3v) is 17.0. The number of hydrogen-bond acceptors (Lipinski definition) is 4. The van der Waals surface area contributed by atoms with E-state index in [1.165, 1.54) is 72.0 Å². The van der Waals surface area contributed by atoms with Crippen LogP contribution in [-0.4, -0.2) is 6.71 Å². The van der Waals surface area contributed by atoms with E-state index < -0.39 is 0 Å². The lowest BCUT2D eigenvalue weighted by molar-refractivity contribution is 0.590. The molecule has 0 saturated carbocycles. The second-order valence-electron chi connectivity index (χ2n) is 25.0. The molecule has 0 aromatic heterocycles. The van der Waals surface area contributed by atoms with Crippen molar-refractivity contribution >= 4 is 91.3 Å². The fourth-order valence-electron chi connectivity index (χ4n) is 12.5. The number of benzene rings is 11. The summed E-state index contributed by atoms with van der Waals surface area (Å²) in [6.45, 7) is 22.4. The molecule has 0 fully saturated rings. The quantitative estimate of drug-likeness (QED) is 0.127. The second-order valence-corrected chi connectivity index (χ2v) is 25.0. The lowest BCUT2D eigenvalue weighted by Gasteiger charge is -2.45. The first-order valence-corrected chi connectivity index (χ1v) is 29.4. The van der Waals surface area contributed by atoms with Crippen molar-refractivity contribution in [2.75, 3.05) is 19.6 Å². The fraction of sp³-hybridized carbons (Fsp3) is 0.154. The Hall–Kier alpha value is -9.32. The molecule has 0 amide bonds. The van der Waals surface area contributed by atoms with E-state index in [9.17, 15) is 0 Å². The van der Waals surface area contributed by atoms with Crippen LogP contribution in [0.4, 0.5) is 68.2 Å². The van der Waals surface area contributed by atoms with Crippen LogP contribution in [0.1, 0.15) is 74.9 Å². The maximum Gasteiger partial charge on any atom is 0.252 e. The van der Waals surface area contributed by atoms with Gasteiger partial charge in [-0.15, -0.1) is 0 Å². The minimum atomic E-state index is -0.135.